The van der Waals surface area contributed by atoms with E-state index in [9.17, 15) is 4.79 Å². The molecule has 2 nitrogen and oxygen atoms in total. The number of rotatable bonds is 3. The van der Waals surface area contributed by atoms with Crippen molar-refractivity contribution >= 4 is 5.97 Å². The number of hydrogen-bond acceptors (Lipinski definition) is 2. The van der Waals surface area contributed by atoms with E-state index in [1.54, 1.807) is 6.26 Å². The van der Waals surface area contributed by atoms with Gasteiger partial charge in [-0.3, -0.25) is 4.79 Å². The van der Waals surface area contributed by atoms with Crippen LogP contribution in [0.1, 0.15) is 59.3 Å². The number of ether oxygens (including phenoxy) is 1. The first-order valence-corrected chi connectivity index (χ1v) is 8.35. The van der Waals surface area contributed by atoms with Gasteiger partial charge in [0.05, 0.1) is 12.2 Å². The van der Waals surface area contributed by atoms with Gasteiger partial charge in [-0.1, -0.05) is 35.5 Å². The van der Waals surface area contributed by atoms with E-state index in [1.807, 2.05) is 0 Å². The summed E-state index contributed by atoms with van der Waals surface area (Å²) in [6.45, 7) is 10.6. The Labute approximate surface area is 134 Å². The molecule has 1 aliphatic carbocycles. The molecule has 120 valence electrons. The number of carbonyl (C=O) groups excluding carboxylic acids is 1. The van der Waals surface area contributed by atoms with Crippen LogP contribution in [0.15, 0.2) is 47.3 Å². The van der Waals surface area contributed by atoms with Crippen LogP contribution >= 0.6 is 0 Å². The van der Waals surface area contributed by atoms with Crippen molar-refractivity contribution in [2.75, 3.05) is 0 Å². The number of fused-ring (bicyclic) bond motifs is 1. The van der Waals surface area contributed by atoms with Crippen LogP contribution in [0.3, 0.4) is 0 Å². The van der Waals surface area contributed by atoms with Gasteiger partial charge in [-0.2, -0.15) is 0 Å². The molecule has 2 heteroatoms. The van der Waals surface area contributed by atoms with Crippen LogP contribution in [0, 0.1) is 11.8 Å². The first-order valence-electron chi connectivity index (χ1n) is 8.35. The Morgan fingerprint density at radius 2 is 2.18 bits per heavy atom. The molecular weight excluding hydrogens is 272 g/mol. The maximum Gasteiger partial charge on any atom is 0.318 e. The molecule has 0 aromatic heterocycles. The number of hydrogen-bond donors (Lipinski definition) is 0. The molecule has 0 bridgehead atoms. The SMILES string of the molecule is C=C1CC/C=C(\C)CC[C@@H]2C(CCC=C(C)C)=COC(=O)[C@@H]12. The summed E-state index contributed by atoms with van der Waals surface area (Å²) < 4.78 is 5.35. The Balaban J connectivity index is 2.20. The van der Waals surface area contributed by atoms with Crippen molar-refractivity contribution in [1.29, 1.82) is 0 Å². The highest BCUT2D eigenvalue weighted by Gasteiger charge is 2.37. The topological polar surface area (TPSA) is 26.3 Å². The van der Waals surface area contributed by atoms with Crippen LogP contribution < -0.4 is 0 Å². The Bertz CT molecular complexity index is 530. The van der Waals surface area contributed by atoms with Gasteiger partial charge < -0.3 is 4.74 Å². The molecule has 22 heavy (non-hydrogen) atoms. The van der Waals surface area contributed by atoms with Gasteiger partial charge in [0.25, 0.3) is 0 Å². The number of carbonyl (C=O) groups is 1. The summed E-state index contributed by atoms with van der Waals surface area (Å²) in [5.41, 5.74) is 5.07. The van der Waals surface area contributed by atoms with Crippen LogP contribution in [0.4, 0.5) is 0 Å². The average molecular weight is 300 g/mol. The van der Waals surface area contributed by atoms with Crippen molar-refractivity contribution in [3.63, 3.8) is 0 Å². The molecule has 0 aromatic carbocycles. The highest BCUT2D eigenvalue weighted by atomic mass is 16.5. The molecule has 2 atom stereocenters. The summed E-state index contributed by atoms with van der Waals surface area (Å²) >= 11 is 0. The monoisotopic (exact) mass is 300 g/mol. The Hall–Kier alpha value is -1.57. The fraction of sp³-hybridized carbons (Fsp3) is 0.550. The van der Waals surface area contributed by atoms with Gasteiger partial charge in [0.15, 0.2) is 0 Å². The zero-order chi connectivity index (χ0) is 16.1. The highest BCUT2D eigenvalue weighted by Crippen LogP contribution is 2.40. The van der Waals surface area contributed by atoms with Crippen molar-refractivity contribution in [2.45, 2.75) is 59.3 Å². The lowest BCUT2D eigenvalue weighted by Crippen LogP contribution is -2.31. The quantitative estimate of drug-likeness (QED) is 0.509. The van der Waals surface area contributed by atoms with Gasteiger partial charge in [-0.15, -0.1) is 0 Å². The lowest BCUT2D eigenvalue weighted by atomic mass is 9.75. The second kappa shape index (κ2) is 7.62. The molecule has 0 saturated carbocycles. The lowest BCUT2D eigenvalue weighted by Gasteiger charge is -2.32. The molecule has 0 aromatic rings. The Morgan fingerprint density at radius 1 is 1.41 bits per heavy atom. The molecule has 2 rings (SSSR count). The third-order valence-electron chi connectivity index (χ3n) is 4.69. The number of esters is 1. The molecule has 2 aliphatic rings. The van der Waals surface area contributed by atoms with Gasteiger partial charge >= 0.3 is 5.97 Å². The van der Waals surface area contributed by atoms with Crippen molar-refractivity contribution in [1.82, 2.24) is 0 Å². The normalized spacial score (nSPS) is 28.1. The van der Waals surface area contributed by atoms with Crippen LogP contribution in [-0.2, 0) is 9.53 Å². The summed E-state index contributed by atoms with van der Waals surface area (Å²) in [6, 6.07) is 0. The fourth-order valence-electron chi connectivity index (χ4n) is 3.39. The Kier molecular flexibility index (Phi) is 5.82. The largest absolute Gasteiger partial charge is 0.434 e. The van der Waals surface area contributed by atoms with Gasteiger partial charge in [-0.25, -0.2) is 0 Å². The highest BCUT2D eigenvalue weighted by molar-refractivity contribution is 5.78. The predicted octanol–water partition coefficient (Wildman–Crippen LogP) is 5.48. The summed E-state index contributed by atoms with van der Waals surface area (Å²) in [4.78, 5) is 12.3. The van der Waals surface area contributed by atoms with E-state index in [0.717, 1.165) is 44.1 Å². The molecule has 0 amide bonds. The second-order valence-electron chi connectivity index (χ2n) is 6.82. The van der Waals surface area contributed by atoms with Gasteiger partial charge in [0.1, 0.15) is 0 Å². The minimum Gasteiger partial charge on any atom is -0.434 e. The summed E-state index contributed by atoms with van der Waals surface area (Å²) in [6.07, 6.45) is 12.2. The average Bonchev–Trinajstić information content (AvgIpc) is 2.52. The van der Waals surface area contributed by atoms with Crippen LogP contribution in [0.2, 0.25) is 0 Å². The summed E-state index contributed by atoms with van der Waals surface area (Å²) in [7, 11) is 0. The van der Waals surface area contributed by atoms with Crippen molar-refractivity contribution in [3.8, 4) is 0 Å². The van der Waals surface area contributed by atoms with Gasteiger partial charge in [0.2, 0.25) is 0 Å². The molecular formula is C20H28O2. The molecule has 0 saturated heterocycles. The smallest absolute Gasteiger partial charge is 0.318 e. The predicted molar refractivity (Wildman–Crippen MR) is 91.2 cm³/mol. The first kappa shape index (κ1) is 16.8. The minimum absolute atomic E-state index is 0.111. The van der Waals surface area contributed by atoms with E-state index in [0.29, 0.717) is 0 Å². The maximum atomic E-state index is 12.3. The zero-order valence-corrected chi connectivity index (χ0v) is 14.2. The first-order chi connectivity index (χ1) is 10.5. The lowest BCUT2D eigenvalue weighted by molar-refractivity contribution is -0.144. The van der Waals surface area contributed by atoms with E-state index in [1.165, 1.54) is 16.7 Å². The summed E-state index contributed by atoms with van der Waals surface area (Å²) in [5, 5.41) is 0. The zero-order valence-electron chi connectivity index (χ0n) is 14.2. The van der Waals surface area contributed by atoms with E-state index < -0.39 is 0 Å². The van der Waals surface area contributed by atoms with E-state index in [4.69, 9.17) is 4.74 Å². The van der Waals surface area contributed by atoms with Gasteiger partial charge in [-0.05, 0) is 64.9 Å². The third-order valence-corrected chi connectivity index (χ3v) is 4.69. The summed E-state index contributed by atoms with van der Waals surface area (Å²) in [5.74, 6) is 0.00674. The van der Waals surface area contributed by atoms with Crippen LogP contribution in [0.5, 0.6) is 0 Å². The molecule has 1 heterocycles. The molecule has 1 aliphatic heterocycles. The van der Waals surface area contributed by atoms with E-state index >= 15 is 0 Å². The molecule has 0 N–H and O–H groups in total. The second-order valence-corrected chi connectivity index (χ2v) is 6.82. The molecule has 0 spiro atoms. The van der Waals surface area contributed by atoms with Crippen LogP contribution in [0.25, 0.3) is 0 Å². The standard InChI is InChI=1S/C20H28O2/c1-14(2)7-5-10-17-13-22-20(21)19-16(4)9-6-8-15(3)11-12-18(17)19/h7-8,13,18-19H,4-6,9-12H2,1-3H3/b15-8+/t18-,19+/m1/s1. The molecule has 0 radical (unpaired) electrons. The van der Waals surface area contributed by atoms with Crippen molar-refractivity contribution < 1.29 is 9.53 Å². The maximum absolute atomic E-state index is 12.3. The fourth-order valence-corrected chi connectivity index (χ4v) is 3.39. The number of cyclic esters (lactones) is 1. The van der Waals surface area contributed by atoms with Crippen LogP contribution in [-0.4, -0.2) is 5.97 Å². The molecule has 0 unspecified atom stereocenters. The molecule has 0 fully saturated rings. The minimum atomic E-state index is -0.147. The van der Waals surface area contributed by atoms with Crippen molar-refractivity contribution in [3.05, 3.63) is 47.3 Å². The Morgan fingerprint density at radius 3 is 2.91 bits per heavy atom. The third kappa shape index (κ3) is 4.22. The van der Waals surface area contributed by atoms with Gasteiger partial charge in [0, 0.05) is 5.92 Å². The van der Waals surface area contributed by atoms with Crippen molar-refractivity contribution in [2.24, 2.45) is 11.8 Å². The van der Waals surface area contributed by atoms with E-state index in [-0.39, 0.29) is 17.8 Å². The number of allylic oxidation sites excluding steroid dienone is 5. The van der Waals surface area contributed by atoms with E-state index in [2.05, 4.69) is 39.5 Å².